The fraction of sp³-hybridized carbons (Fsp3) is 0.158. The summed E-state index contributed by atoms with van der Waals surface area (Å²) in [7, 11) is 0. The van der Waals surface area contributed by atoms with E-state index in [1.165, 1.54) is 16.7 Å². The Morgan fingerprint density at radius 2 is 1.05 bits per heavy atom. The molecule has 20 heavy (non-hydrogen) atoms. The number of benzene rings is 1. The fourth-order valence-electron chi connectivity index (χ4n) is 1.75. The van der Waals surface area contributed by atoms with Gasteiger partial charge in [0.15, 0.2) is 0 Å². The van der Waals surface area contributed by atoms with E-state index in [-0.39, 0.29) is 21.7 Å². The van der Waals surface area contributed by atoms with Crippen LogP contribution in [-0.4, -0.2) is 0 Å². The van der Waals surface area contributed by atoms with Crippen LogP contribution < -0.4 is 0 Å². The summed E-state index contributed by atoms with van der Waals surface area (Å²) in [6.45, 7) is 6.24. The molecule has 0 heterocycles. The summed E-state index contributed by atoms with van der Waals surface area (Å²) in [5.41, 5.74) is 3.78. The van der Waals surface area contributed by atoms with E-state index < -0.39 is 0 Å². The zero-order valence-electron chi connectivity index (χ0n) is 12.4. The number of rotatable bonds is 0. The molecule has 0 bridgehead atoms. The normalized spacial score (nSPS) is 8.35. The third-order valence-corrected chi connectivity index (χ3v) is 2.39. The van der Waals surface area contributed by atoms with Crippen LogP contribution in [0.15, 0.2) is 72.8 Å². The van der Waals surface area contributed by atoms with Crippen molar-refractivity contribution in [2.75, 3.05) is 0 Å². The van der Waals surface area contributed by atoms with Gasteiger partial charge in [-0.05, 0) is 0 Å². The smallest absolute Gasteiger partial charge is 0.214 e. The molecule has 0 aromatic heterocycles. The van der Waals surface area contributed by atoms with Gasteiger partial charge in [-0.1, -0.05) is 20.8 Å². The van der Waals surface area contributed by atoms with E-state index in [4.69, 9.17) is 0 Å². The van der Waals surface area contributed by atoms with Crippen LogP contribution in [0.5, 0.6) is 0 Å². The van der Waals surface area contributed by atoms with Crippen LogP contribution in [0.1, 0.15) is 16.7 Å². The van der Waals surface area contributed by atoms with Crippen molar-refractivity contribution in [2.45, 2.75) is 20.8 Å². The Morgan fingerprint density at radius 3 is 1.25 bits per heavy atom. The molecule has 0 unspecified atom stereocenters. The first kappa shape index (κ1) is 18.6. The first-order valence-corrected chi connectivity index (χ1v) is 6.49. The Labute approximate surface area is 138 Å². The van der Waals surface area contributed by atoms with Gasteiger partial charge in [0.05, 0.1) is 0 Å². The van der Waals surface area contributed by atoms with Gasteiger partial charge in [0.1, 0.15) is 0 Å². The van der Waals surface area contributed by atoms with E-state index in [0.29, 0.717) is 0 Å². The van der Waals surface area contributed by atoms with E-state index in [1.54, 1.807) is 0 Å². The van der Waals surface area contributed by atoms with Gasteiger partial charge in [-0.2, -0.15) is 71.3 Å². The predicted octanol–water partition coefficient (Wildman–Crippen LogP) is 5.22. The minimum atomic E-state index is 0. The number of hydrogen-bond acceptors (Lipinski definition) is 0. The Bertz CT molecular complexity index is 408. The molecule has 0 amide bonds. The molecule has 0 saturated heterocycles. The molecule has 0 nitrogen and oxygen atoms in total. The summed E-state index contributed by atoms with van der Waals surface area (Å²) in [5.74, 6) is 0. The maximum Gasteiger partial charge on any atom is 3.00 e. The van der Waals surface area contributed by atoms with Gasteiger partial charge in [-0.3, -0.25) is 0 Å². The molecule has 3 aromatic rings. The molecule has 0 aliphatic rings. The largest absolute Gasteiger partial charge is 3.00 e. The second-order valence-electron chi connectivity index (χ2n) is 4.45. The van der Waals surface area contributed by atoms with Gasteiger partial charge in [0, 0.05) is 0 Å². The maximum atomic E-state index is 3.21. The Balaban J connectivity index is 0.000000282. The minimum absolute atomic E-state index is 0. The quantitative estimate of drug-likeness (QED) is 0.394. The molecule has 0 atom stereocenters. The van der Waals surface area contributed by atoms with Crippen LogP contribution in [0.3, 0.4) is 0 Å². The summed E-state index contributed by atoms with van der Waals surface area (Å²) in [4.78, 5) is 0. The zero-order chi connectivity index (χ0) is 13.9. The average molecular weight is 297 g/mol. The molecule has 0 aliphatic carbocycles. The monoisotopic (exact) mass is 297 g/mol. The van der Waals surface area contributed by atoms with Crippen LogP contribution in [0, 0.1) is 26.8 Å². The molecule has 0 saturated carbocycles. The second-order valence-corrected chi connectivity index (χ2v) is 4.45. The van der Waals surface area contributed by atoms with Crippen LogP contribution in [0.25, 0.3) is 0 Å². The van der Waals surface area contributed by atoms with Gasteiger partial charge in [0.2, 0.25) is 0 Å². The third-order valence-electron chi connectivity index (χ3n) is 2.39. The van der Waals surface area contributed by atoms with Gasteiger partial charge in [0.25, 0.3) is 0 Å². The molecule has 101 valence electrons. The van der Waals surface area contributed by atoms with Crippen molar-refractivity contribution >= 4 is 0 Å². The van der Waals surface area contributed by atoms with Gasteiger partial charge >= 0.3 is 21.7 Å². The molecule has 0 N–H and O–H groups in total. The Kier molecular flexibility index (Phi) is 10.7. The topological polar surface area (TPSA) is 0 Å². The molecular weight excluding hydrogens is 276 g/mol. The van der Waals surface area contributed by atoms with Gasteiger partial charge in [-0.25, -0.2) is 24.3 Å². The summed E-state index contributed by atoms with van der Waals surface area (Å²) >= 11 is 0. The predicted molar refractivity (Wildman–Crippen MR) is 83.6 cm³/mol. The van der Waals surface area contributed by atoms with E-state index in [2.05, 4.69) is 39.0 Å². The second kappa shape index (κ2) is 11.5. The third kappa shape index (κ3) is 9.55. The molecule has 1 heteroatoms. The van der Waals surface area contributed by atoms with Crippen molar-refractivity contribution in [3.63, 3.8) is 0 Å². The summed E-state index contributed by atoms with van der Waals surface area (Å²) in [6.07, 6.45) is 0. The van der Waals surface area contributed by atoms with E-state index >= 15 is 0 Å². The van der Waals surface area contributed by atoms with Crippen LogP contribution in [0.2, 0.25) is 0 Å². The first-order chi connectivity index (χ1) is 9.18. The summed E-state index contributed by atoms with van der Waals surface area (Å²) < 4.78 is 0. The van der Waals surface area contributed by atoms with Crippen molar-refractivity contribution in [3.8, 4) is 0 Å². The first-order valence-electron chi connectivity index (χ1n) is 6.49. The van der Waals surface area contributed by atoms with Gasteiger partial charge < -0.3 is 0 Å². The van der Waals surface area contributed by atoms with E-state index in [0.717, 1.165) is 0 Å². The van der Waals surface area contributed by atoms with Crippen LogP contribution in [0.4, 0.5) is 0 Å². The zero-order valence-corrected chi connectivity index (χ0v) is 14.0. The van der Waals surface area contributed by atoms with E-state index in [1.807, 2.05) is 60.7 Å². The van der Waals surface area contributed by atoms with E-state index in [9.17, 15) is 0 Å². The molecule has 0 aliphatic heterocycles. The minimum Gasteiger partial charge on any atom is -0.214 e. The summed E-state index contributed by atoms with van der Waals surface area (Å²) in [6, 6.07) is 27.5. The molecule has 3 aromatic carbocycles. The fourth-order valence-corrected chi connectivity index (χ4v) is 1.75. The van der Waals surface area contributed by atoms with Gasteiger partial charge in [-0.15, -0.1) is 0 Å². The van der Waals surface area contributed by atoms with Crippen molar-refractivity contribution in [1.29, 1.82) is 0 Å². The number of hydrogen-bond donors (Lipinski definition) is 0. The SMILES string of the molecule is Cc1[c-]c(C)cc(C)c1.[Ti+3].c1cc[cH-]c1.c1cc[cH-]c1. The number of aryl methyl sites for hydroxylation is 3. The Morgan fingerprint density at radius 1 is 0.700 bits per heavy atom. The summed E-state index contributed by atoms with van der Waals surface area (Å²) in [5, 5.41) is 0. The van der Waals surface area contributed by atoms with Crippen LogP contribution in [-0.2, 0) is 21.7 Å². The molecule has 1 radical (unpaired) electrons. The van der Waals surface area contributed by atoms with Crippen LogP contribution >= 0.6 is 0 Å². The molecule has 0 fully saturated rings. The molecule has 3 rings (SSSR count). The van der Waals surface area contributed by atoms with Crippen molar-refractivity contribution in [1.82, 2.24) is 0 Å². The standard InChI is InChI=1S/C9H11.2C5H5.Ti/c1-7-4-8(2)6-9(3)5-7;2*1-2-4-5-3-1;/h4-5H,1-3H3;2*1-5H;/q3*-1;+3. The van der Waals surface area contributed by atoms with Crippen molar-refractivity contribution < 1.29 is 21.7 Å². The maximum absolute atomic E-state index is 3.21. The molecular formula is C19H21Ti. The average Bonchev–Trinajstić information content (AvgIpc) is 3.07. The van der Waals surface area contributed by atoms with Crippen molar-refractivity contribution in [3.05, 3.63) is 95.6 Å². The van der Waals surface area contributed by atoms with Crippen molar-refractivity contribution in [2.24, 2.45) is 0 Å². The molecule has 0 spiro atoms. The Hall–Kier alpha value is -1.37.